The first-order valence-electron chi connectivity index (χ1n) is 12.1. The van der Waals surface area contributed by atoms with Crippen LogP contribution >= 0.6 is 0 Å². The van der Waals surface area contributed by atoms with E-state index in [1.165, 1.54) is 44.9 Å². The SMILES string of the molecule is CCCCCCCC/C=C\CCCCCCCC(=O)OC1(CO)O[C@H](CO)[C@@H](O)[C@@H]1O. The Kier molecular flexibility index (Phi) is 15.0. The molecule has 182 valence electrons. The minimum absolute atomic E-state index is 0.149. The molecule has 1 unspecified atom stereocenters. The highest BCUT2D eigenvalue weighted by molar-refractivity contribution is 5.69. The second kappa shape index (κ2) is 16.6. The number of carbonyl (C=O) groups is 1. The number of carbonyl (C=O) groups excluding carboxylic acids is 1. The van der Waals surface area contributed by atoms with Gasteiger partial charge in [0.05, 0.1) is 6.61 Å². The third-order valence-electron chi connectivity index (χ3n) is 5.84. The minimum Gasteiger partial charge on any atom is -0.427 e. The fourth-order valence-electron chi connectivity index (χ4n) is 3.84. The first-order chi connectivity index (χ1) is 15.0. The Morgan fingerprint density at radius 3 is 1.97 bits per heavy atom. The summed E-state index contributed by atoms with van der Waals surface area (Å²) < 4.78 is 10.4. The van der Waals surface area contributed by atoms with E-state index in [-0.39, 0.29) is 6.42 Å². The van der Waals surface area contributed by atoms with Crippen molar-refractivity contribution < 1.29 is 34.7 Å². The molecule has 1 fully saturated rings. The van der Waals surface area contributed by atoms with Gasteiger partial charge in [0.25, 0.3) is 5.79 Å². The maximum absolute atomic E-state index is 12.1. The number of hydrogen-bond donors (Lipinski definition) is 4. The first kappa shape index (κ1) is 28.0. The lowest BCUT2D eigenvalue weighted by Crippen LogP contribution is -2.49. The Hall–Kier alpha value is -0.990. The number of rotatable bonds is 18. The van der Waals surface area contributed by atoms with Gasteiger partial charge in [-0.25, -0.2) is 0 Å². The molecule has 1 rings (SSSR count). The lowest BCUT2D eigenvalue weighted by atomic mass is 10.1. The van der Waals surface area contributed by atoms with Gasteiger partial charge in [0.2, 0.25) is 0 Å². The van der Waals surface area contributed by atoms with Crippen molar-refractivity contribution in [2.45, 2.75) is 121 Å². The molecule has 0 aromatic carbocycles. The van der Waals surface area contributed by atoms with Crippen LogP contribution in [0, 0.1) is 0 Å². The molecule has 1 saturated heterocycles. The van der Waals surface area contributed by atoms with Gasteiger partial charge >= 0.3 is 5.97 Å². The van der Waals surface area contributed by atoms with Crippen molar-refractivity contribution in [3.05, 3.63) is 12.2 Å². The van der Waals surface area contributed by atoms with Crippen molar-refractivity contribution in [2.24, 2.45) is 0 Å². The number of unbranched alkanes of at least 4 members (excludes halogenated alkanes) is 11. The molecular weight excluding hydrogens is 400 g/mol. The fourth-order valence-corrected chi connectivity index (χ4v) is 3.84. The molecule has 0 aliphatic carbocycles. The van der Waals surface area contributed by atoms with Crippen LogP contribution in [0.5, 0.6) is 0 Å². The number of ether oxygens (including phenoxy) is 2. The van der Waals surface area contributed by atoms with Crippen molar-refractivity contribution in [2.75, 3.05) is 13.2 Å². The van der Waals surface area contributed by atoms with Crippen molar-refractivity contribution in [3.63, 3.8) is 0 Å². The van der Waals surface area contributed by atoms with Crippen LogP contribution < -0.4 is 0 Å². The number of aliphatic hydroxyl groups excluding tert-OH is 4. The van der Waals surface area contributed by atoms with E-state index >= 15 is 0 Å². The van der Waals surface area contributed by atoms with Crippen LogP contribution in [0.15, 0.2) is 12.2 Å². The smallest absolute Gasteiger partial charge is 0.308 e. The van der Waals surface area contributed by atoms with E-state index in [0.29, 0.717) is 6.42 Å². The van der Waals surface area contributed by atoms with Crippen LogP contribution in [0.25, 0.3) is 0 Å². The van der Waals surface area contributed by atoms with Crippen molar-refractivity contribution in [1.82, 2.24) is 0 Å². The maximum Gasteiger partial charge on any atom is 0.308 e. The second-order valence-corrected chi connectivity index (χ2v) is 8.55. The molecule has 7 nitrogen and oxygen atoms in total. The molecule has 0 spiro atoms. The van der Waals surface area contributed by atoms with Gasteiger partial charge in [-0.1, -0.05) is 70.4 Å². The molecule has 0 bridgehead atoms. The third-order valence-corrected chi connectivity index (χ3v) is 5.84. The lowest BCUT2D eigenvalue weighted by molar-refractivity contribution is -0.264. The minimum atomic E-state index is -2.01. The Balaban J connectivity index is 2.04. The van der Waals surface area contributed by atoms with Crippen LogP contribution in [-0.2, 0) is 14.3 Å². The molecule has 0 saturated carbocycles. The summed E-state index contributed by atoms with van der Waals surface area (Å²) >= 11 is 0. The number of allylic oxidation sites excluding steroid dienone is 2. The molecule has 0 amide bonds. The summed E-state index contributed by atoms with van der Waals surface area (Å²) in [4.78, 5) is 12.1. The Labute approximate surface area is 187 Å². The van der Waals surface area contributed by atoms with E-state index in [0.717, 1.165) is 32.1 Å². The zero-order valence-electron chi connectivity index (χ0n) is 19.2. The molecule has 7 heteroatoms. The average Bonchev–Trinajstić information content (AvgIpc) is 3.01. The summed E-state index contributed by atoms with van der Waals surface area (Å²) in [5, 5.41) is 38.5. The molecule has 0 aromatic heterocycles. The van der Waals surface area contributed by atoms with Crippen LogP contribution in [0.1, 0.15) is 96.8 Å². The molecule has 1 heterocycles. The Morgan fingerprint density at radius 2 is 1.45 bits per heavy atom. The summed E-state index contributed by atoms with van der Waals surface area (Å²) in [5.74, 6) is -2.61. The van der Waals surface area contributed by atoms with Crippen LogP contribution in [0.4, 0.5) is 0 Å². The fraction of sp³-hybridized carbons (Fsp3) is 0.875. The van der Waals surface area contributed by atoms with E-state index in [4.69, 9.17) is 14.6 Å². The zero-order valence-corrected chi connectivity index (χ0v) is 19.2. The van der Waals surface area contributed by atoms with Gasteiger partial charge in [0.1, 0.15) is 18.8 Å². The van der Waals surface area contributed by atoms with Crippen LogP contribution in [0.3, 0.4) is 0 Å². The first-order valence-corrected chi connectivity index (χ1v) is 12.1. The van der Waals surface area contributed by atoms with Gasteiger partial charge in [-0.05, 0) is 32.1 Å². The quantitative estimate of drug-likeness (QED) is 0.145. The predicted molar refractivity (Wildman–Crippen MR) is 119 cm³/mol. The van der Waals surface area contributed by atoms with Gasteiger partial charge in [0, 0.05) is 6.42 Å². The topological polar surface area (TPSA) is 116 Å². The highest BCUT2D eigenvalue weighted by Crippen LogP contribution is 2.32. The maximum atomic E-state index is 12.1. The summed E-state index contributed by atoms with van der Waals surface area (Å²) in [5.41, 5.74) is 0. The molecule has 0 radical (unpaired) electrons. The second-order valence-electron chi connectivity index (χ2n) is 8.55. The standard InChI is InChI=1S/C24H44O7/c1-2-3-4-5-6-7-8-9-10-11-12-13-14-15-16-17-21(27)31-24(19-26)23(29)22(28)20(18-25)30-24/h9-10,20,22-23,25-26,28-29H,2-8,11-19H2,1H3/b10-9-/t20-,22-,23+,24?/m1/s1. The Morgan fingerprint density at radius 1 is 0.903 bits per heavy atom. The highest BCUT2D eigenvalue weighted by Gasteiger charge is 2.56. The lowest BCUT2D eigenvalue weighted by Gasteiger charge is -2.29. The molecule has 31 heavy (non-hydrogen) atoms. The van der Waals surface area contributed by atoms with Crippen LogP contribution in [0.2, 0.25) is 0 Å². The van der Waals surface area contributed by atoms with Crippen molar-refractivity contribution >= 4 is 5.97 Å². The summed E-state index contributed by atoms with van der Waals surface area (Å²) in [6.45, 7) is 0.898. The number of aliphatic hydroxyl groups is 4. The van der Waals surface area contributed by atoms with Gasteiger partial charge in [-0.15, -0.1) is 0 Å². The normalized spacial score (nSPS) is 26.0. The molecule has 4 N–H and O–H groups in total. The molecule has 1 aliphatic rings. The average molecular weight is 445 g/mol. The summed E-state index contributed by atoms with van der Waals surface area (Å²) in [6.07, 6.45) is 15.7. The molecule has 1 aliphatic heterocycles. The van der Waals surface area contributed by atoms with E-state index in [2.05, 4.69) is 19.1 Å². The van der Waals surface area contributed by atoms with Crippen molar-refractivity contribution in [3.8, 4) is 0 Å². The summed E-state index contributed by atoms with van der Waals surface area (Å²) in [7, 11) is 0. The van der Waals surface area contributed by atoms with Gasteiger partial charge in [-0.3, -0.25) is 4.79 Å². The monoisotopic (exact) mass is 444 g/mol. The molecule has 0 aromatic rings. The third kappa shape index (κ3) is 10.4. The van der Waals surface area contributed by atoms with E-state index in [1.807, 2.05) is 0 Å². The predicted octanol–water partition coefficient (Wildman–Crippen LogP) is 3.37. The Bertz CT molecular complexity index is 496. The molecule has 4 atom stereocenters. The zero-order chi connectivity index (χ0) is 23.0. The number of esters is 1. The number of hydrogen-bond acceptors (Lipinski definition) is 7. The summed E-state index contributed by atoms with van der Waals surface area (Å²) in [6, 6.07) is 0. The van der Waals surface area contributed by atoms with Gasteiger partial charge < -0.3 is 29.9 Å². The van der Waals surface area contributed by atoms with Crippen LogP contribution in [-0.4, -0.2) is 63.7 Å². The van der Waals surface area contributed by atoms with Crippen molar-refractivity contribution in [1.29, 1.82) is 0 Å². The van der Waals surface area contributed by atoms with E-state index < -0.39 is 43.3 Å². The largest absolute Gasteiger partial charge is 0.427 e. The van der Waals surface area contributed by atoms with E-state index in [1.54, 1.807) is 0 Å². The van der Waals surface area contributed by atoms with Gasteiger partial charge in [0.15, 0.2) is 6.10 Å². The highest BCUT2D eigenvalue weighted by atomic mass is 16.8. The van der Waals surface area contributed by atoms with E-state index in [9.17, 15) is 20.1 Å². The van der Waals surface area contributed by atoms with Gasteiger partial charge in [-0.2, -0.15) is 0 Å². The molecular formula is C24H44O7.